The number of pyridine rings is 1. The first-order valence-electron chi connectivity index (χ1n) is 6.99. The monoisotopic (exact) mass is 232 g/mol. The van der Waals surface area contributed by atoms with E-state index in [0.717, 1.165) is 12.5 Å². The molecule has 1 atom stereocenters. The lowest BCUT2D eigenvalue weighted by atomic mass is 10.0. The average molecular weight is 232 g/mol. The van der Waals surface area contributed by atoms with Crippen LogP contribution in [0.3, 0.4) is 0 Å². The quantitative estimate of drug-likeness (QED) is 0.756. The number of nitrogens with one attached hydrogen (secondary N) is 1. The van der Waals surface area contributed by atoms with Crippen LogP contribution in [0.4, 0.5) is 0 Å². The van der Waals surface area contributed by atoms with Gasteiger partial charge in [0.2, 0.25) is 0 Å². The molecule has 0 aliphatic heterocycles. The van der Waals surface area contributed by atoms with E-state index in [0.29, 0.717) is 6.04 Å². The molecule has 2 heteroatoms. The SMILES string of the molecule is CC(NCCCC1CCCC1)c1ccncc1. The van der Waals surface area contributed by atoms with Crippen molar-refractivity contribution in [3.05, 3.63) is 30.1 Å². The molecule has 0 saturated heterocycles. The lowest BCUT2D eigenvalue weighted by Crippen LogP contribution is -2.20. The molecule has 2 rings (SSSR count). The first kappa shape index (κ1) is 12.6. The molecule has 1 aliphatic rings. The van der Waals surface area contributed by atoms with Crippen molar-refractivity contribution in [2.45, 2.75) is 51.5 Å². The van der Waals surface area contributed by atoms with Crippen LogP contribution < -0.4 is 5.32 Å². The van der Waals surface area contributed by atoms with Gasteiger partial charge in [0, 0.05) is 18.4 Å². The molecule has 1 fully saturated rings. The molecule has 1 saturated carbocycles. The van der Waals surface area contributed by atoms with E-state index in [9.17, 15) is 0 Å². The summed E-state index contributed by atoms with van der Waals surface area (Å²) in [5.41, 5.74) is 1.33. The molecule has 1 aromatic heterocycles. The van der Waals surface area contributed by atoms with Crippen molar-refractivity contribution in [3.8, 4) is 0 Å². The molecule has 0 bridgehead atoms. The lowest BCUT2D eigenvalue weighted by Gasteiger charge is -2.15. The highest BCUT2D eigenvalue weighted by Gasteiger charge is 2.14. The summed E-state index contributed by atoms with van der Waals surface area (Å²) >= 11 is 0. The molecule has 1 unspecified atom stereocenters. The van der Waals surface area contributed by atoms with E-state index in [1.54, 1.807) is 0 Å². The summed E-state index contributed by atoms with van der Waals surface area (Å²) in [6, 6.07) is 4.63. The normalized spacial score (nSPS) is 18.4. The maximum absolute atomic E-state index is 4.05. The lowest BCUT2D eigenvalue weighted by molar-refractivity contribution is 0.456. The van der Waals surface area contributed by atoms with Gasteiger partial charge in [-0.25, -0.2) is 0 Å². The first-order valence-corrected chi connectivity index (χ1v) is 6.99. The molecule has 0 radical (unpaired) electrons. The molecular weight excluding hydrogens is 208 g/mol. The standard InChI is InChI=1S/C15H24N2/c1-13(15-8-11-16-12-9-15)17-10-4-7-14-5-2-3-6-14/h8-9,11-14,17H,2-7,10H2,1H3. The van der Waals surface area contributed by atoms with E-state index < -0.39 is 0 Å². The number of nitrogens with zero attached hydrogens (tertiary/aromatic N) is 1. The van der Waals surface area contributed by atoms with Crippen molar-refractivity contribution < 1.29 is 0 Å². The van der Waals surface area contributed by atoms with Gasteiger partial charge < -0.3 is 5.32 Å². The first-order chi connectivity index (χ1) is 8.36. The topological polar surface area (TPSA) is 24.9 Å². The van der Waals surface area contributed by atoms with Crippen LogP contribution in [0.15, 0.2) is 24.5 Å². The Labute approximate surface area is 105 Å². The summed E-state index contributed by atoms with van der Waals surface area (Å²) < 4.78 is 0. The van der Waals surface area contributed by atoms with Gasteiger partial charge in [-0.05, 0) is 49.9 Å². The Kier molecular flexibility index (Phi) is 4.99. The second kappa shape index (κ2) is 6.75. The average Bonchev–Trinajstić information content (AvgIpc) is 2.88. The summed E-state index contributed by atoms with van der Waals surface area (Å²) in [7, 11) is 0. The molecule has 0 aromatic carbocycles. The van der Waals surface area contributed by atoms with Crippen LogP contribution in [0.2, 0.25) is 0 Å². The third kappa shape index (κ3) is 4.12. The zero-order valence-electron chi connectivity index (χ0n) is 10.9. The molecule has 0 spiro atoms. The van der Waals surface area contributed by atoms with E-state index in [-0.39, 0.29) is 0 Å². The second-order valence-electron chi connectivity index (χ2n) is 5.25. The summed E-state index contributed by atoms with van der Waals surface area (Å²) in [5, 5.41) is 3.60. The molecule has 1 N–H and O–H groups in total. The fourth-order valence-electron chi connectivity index (χ4n) is 2.78. The Balaban J connectivity index is 1.61. The fraction of sp³-hybridized carbons (Fsp3) is 0.667. The third-order valence-corrected chi connectivity index (χ3v) is 3.92. The van der Waals surface area contributed by atoms with Crippen LogP contribution >= 0.6 is 0 Å². The predicted molar refractivity (Wildman–Crippen MR) is 71.8 cm³/mol. The zero-order valence-corrected chi connectivity index (χ0v) is 10.9. The number of hydrogen-bond acceptors (Lipinski definition) is 2. The van der Waals surface area contributed by atoms with Gasteiger partial charge in [-0.15, -0.1) is 0 Å². The van der Waals surface area contributed by atoms with E-state index in [2.05, 4.69) is 29.4 Å². The van der Waals surface area contributed by atoms with Crippen LogP contribution in [0, 0.1) is 5.92 Å². The highest BCUT2D eigenvalue weighted by Crippen LogP contribution is 2.28. The van der Waals surface area contributed by atoms with Gasteiger partial charge in [0.1, 0.15) is 0 Å². The van der Waals surface area contributed by atoms with Crippen molar-refractivity contribution in [2.24, 2.45) is 5.92 Å². The van der Waals surface area contributed by atoms with Crippen LogP contribution in [-0.4, -0.2) is 11.5 Å². The van der Waals surface area contributed by atoms with Gasteiger partial charge in [0.15, 0.2) is 0 Å². The molecule has 2 nitrogen and oxygen atoms in total. The maximum Gasteiger partial charge on any atom is 0.0292 e. The predicted octanol–water partition coefficient (Wildman–Crippen LogP) is 3.70. The molecule has 1 heterocycles. The minimum Gasteiger partial charge on any atom is -0.310 e. The van der Waals surface area contributed by atoms with Gasteiger partial charge in [0.05, 0.1) is 0 Å². The van der Waals surface area contributed by atoms with Gasteiger partial charge >= 0.3 is 0 Å². The van der Waals surface area contributed by atoms with Gasteiger partial charge in [-0.3, -0.25) is 4.98 Å². The van der Waals surface area contributed by atoms with E-state index in [1.165, 1.54) is 44.1 Å². The van der Waals surface area contributed by atoms with Crippen molar-refractivity contribution in [1.29, 1.82) is 0 Å². The van der Waals surface area contributed by atoms with Crippen LogP contribution in [0.5, 0.6) is 0 Å². The Morgan fingerprint density at radius 1 is 1.29 bits per heavy atom. The number of rotatable bonds is 6. The van der Waals surface area contributed by atoms with E-state index in [1.807, 2.05) is 12.4 Å². The van der Waals surface area contributed by atoms with Crippen LogP contribution in [0.1, 0.15) is 57.1 Å². The van der Waals surface area contributed by atoms with Gasteiger partial charge in [0.25, 0.3) is 0 Å². The Hall–Kier alpha value is -0.890. The fourth-order valence-corrected chi connectivity index (χ4v) is 2.78. The smallest absolute Gasteiger partial charge is 0.0292 e. The molecule has 17 heavy (non-hydrogen) atoms. The summed E-state index contributed by atoms with van der Waals surface area (Å²) in [5.74, 6) is 1.02. The molecule has 94 valence electrons. The summed E-state index contributed by atoms with van der Waals surface area (Å²) in [6.07, 6.45) is 12.3. The summed E-state index contributed by atoms with van der Waals surface area (Å²) in [4.78, 5) is 4.05. The van der Waals surface area contributed by atoms with E-state index >= 15 is 0 Å². The van der Waals surface area contributed by atoms with Crippen molar-refractivity contribution in [1.82, 2.24) is 10.3 Å². The third-order valence-electron chi connectivity index (χ3n) is 3.92. The van der Waals surface area contributed by atoms with E-state index in [4.69, 9.17) is 0 Å². The van der Waals surface area contributed by atoms with Crippen LogP contribution in [0.25, 0.3) is 0 Å². The minimum absolute atomic E-state index is 0.446. The highest BCUT2D eigenvalue weighted by atomic mass is 14.9. The summed E-state index contributed by atoms with van der Waals surface area (Å²) in [6.45, 7) is 3.37. The Morgan fingerprint density at radius 2 is 2.00 bits per heavy atom. The molecule has 1 aliphatic carbocycles. The largest absolute Gasteiger partial charge is 0.310 e. The number of aromatic nitrogens is 1. The molecule has 1 aromatic rings. The van der Waals surface area contributed by atoms with Crippen molar-refractivity contribution in [2.75, 3.05) is 6.54 Å². The van der Waals surface area contributed by atoms with Crippen molar-refractivity contribution in [3.63, 3.8) is 0 Å². The van der Waals surface area contributed by atoms with Crippen LogP contribution in [-0.2, 0) is 0 Å². The molecular formula is C15H24N2. The molecule has 0 amide bonds. The highest BCUT2D eigenvalue weighted by molar-refractivity contribution is 5.13. The van der Waals surface area contributed by atoms with Crippen molar-refractivity contribution >= 4 is 0 Å². The maximum atomic E-state index is 4.05. The number of hydrogen-bond donors (Lipinski definition) is 1. The Bertz CT molecular complexity index is 304. The Morgan fingerprint density at radius 3 is 2.71 bits per heavy atom. The minimum atomic E-state index is 0.446. The van der Waals surface area contributed by atoms with Gasteiger partial charge in [-0.1, -0.05) is 25.7 Å². The van der Waals surface area contributed by atoms with Gasteiger partial charge in [-0.2, -0.15) is 0 Å². The second-order valence-corrected chi connectivity index (χ2v) is 5.25. The zero-order chi connectivity index (χ0) is 11.9.